The first kappa shape index (κ1) is 15.8. The Hall–Kier alpha value is -1.19. The van der Waals surface area contributed by atoms with E-state index < -0.39 is 43.7 Å². The molecule has 102 valence electrons. The summed E-state index contributed by atoms with van der Waals surface area (Å²) in [4.78, 5) is 0. The van der Waals surface area contributed by atoms with Crippen LogP contribution in [0.15, 0.2) is 5.16 Å². The molecule has 0 heterocycles. The fourth-order valence-corrected chi connectivity index (χ4v) is 0.806. The fraction of sp³-hybridized carbons (Fsp3) is 0.857. The number of hydrogen-bond acceptors (Lipinski definition) is 3. The van der Waals surface area contributed by atoms with Gasteiger partial charge in [-0.1, -0.05) is 5.16 Å². The molecular formula is C7H10F6N2O2. The first-order valence-electron chi connectivity index (χ1n) is 4.26. The molecule has 0 aliphatic carbocycles. The van der Waals surface area contributed by atoms with Gasteiger partial charge in [0.15, 0.2) is 5.84 Å². The topological polar surface area (TPSA) is 67.8 Å². The van der Waals surface area contributed by atoms with E-state index in [0.717, 1.165) is 0 Å². The summed E-state index contributed by atoms with van der Waals surface area (Å²) in [5.41, 5.74) is 4.75. The van der Waals surface area contributed by atoms with E-state index in [0.29, 0.717) is 0 Å². The van der Waals surface area contributed by atoms with Crippen LogP contribution < -0.4 is 5.73 Å². The molecular weight excluding hydrogens is 258 g/mol. The van der Waals surface area contributed by atoms with Gasteiger partial charge >= 0.3 is 12.4 Å². The van der Waals surface area contributed by atoms with E-state index in [1.165, 1.54) is 0 Å². The average Bonchev–Trinajstić information content (AvgIpc) is 2.13. The fourth-order valence-electron chi connectivity index (χ4n) is 0.806. The number of amidine groups is 1. The van der Waals surface area contributed by atoms with Crippen molar-refractivity contribution in [2.45, 2.75) is 18.8 Å². The molecule has 0 aromatic carbocycles. The number of rotatable bonds is 5. The lowest BCUT2D eigenvalue weighted by Crippen LogP contribution is -2.39. The summed E-state index contributed by atoms with van der Waals surface area (Å²) < 4.78 is 75.9. The quantitative estimate of drug-likeness (QED) is 0.200. The molecule has 1 unspecified atom stereocenters. The molecule has 10 heteroatoms. The molecule has 3 N–H and O–H groups in total. The summed E-state index contributed by atoms with van der Waals surface area (Å²) in [6.07, 6.45) is -10.7. The number of nitrogens with two attached hydrogens (primary N) is 1. The Morgan fingerprint density at radius 1 is 1.24 bits per heavy atom. The van der Waals surface area contributed by atoms with Gasteiger partial charge in [-0.15, -0.1) is 0 Å². The van der Waals surface area contributed by atoms with Gasteiger partial charge in [0.05, 0.1) is 19.6 Å². The second-order valence-corrected chi connectivity index (χ2v) is 3.06. The molecule has 0 aliphatic rings. The second-order valence-electron chi connectivity index (χ2n) is 3.06. The van der Waals surface area contributed by atoms with Crippen LogP contribution in [0.3, 0.4) is 0 Å². The lowest BCUT2D eigenvalue weighted by atomic mass is 10.1. The van der Waals surface area contributed by atoms with Crippen LogP contribution in [-0.4, -0.2) is 36.6 Å². The first-order chi connectivity index (χ1) is 7.58. The molecule has 4 nitrogen and oxygen atoms in total. The summed E-state index contributed by atoms with van der Waals surface area (Å²) in [6, 6.07) is 0. The van der Waals surface area contributed by atoms with Crippen molar-refractivity contribution in [1.82, 2.24) is 0 Å². The minimum absolute atomic E-state index is 0.922. The van der Waals surface area contributed by atoms with E-state index in [2.05, 4.69) is 9.89 Å². The molecule has 0 saturated carbocycles. The van der Waals surface area contributed by atoms with Crippen LogP contribution in [0.5, 0.6) is 0 Å². The van der Waals surface area contributed by atoms with Crippen molar-refractivity contribution < 1.29 is 36.3 Å². The normalized spacial score (nSPS) is 16.0. The zero-order chi connectivity index (χ0) is 13.7. The van der Waals surface area contributed by atoms with Crippen LogP contribution in [-0.2, 0) is 4.74 Å². The summed E-state index contributed by atoms with van der Waals surface area (Å²) in [6.45, 7) is -2.05. The van der Waals surface area contributed by atoms with E-state index in [4.69, 9.17) is 10.9 Å². The van der Waals surface area contributed by atoms with Crippen LogP contribution >= 0.6 is 0 Å². The third kappa shape index (κ3) is 6.87. The SMILES string of the molecule is NC(=NO)C(COCCC(F)(F)F)C(F)(F)F. The Morgan fingerprint density at radius 3 is 2.12 bits per heavy atom. The summed E-state index contributed by atoms with van der Waals surface area (Å²) in [5, 5.41) is 10.2. The molecule has 0 spiro atoms. The minimum Gasteiger partial charge on any atom is -0.409 e. The number of ether oxygens (including phenoxy) is 1. The monoisotopic (exact) mass is 268 g/mol. The number of oxime groups is 1. The highest BCUT2D eigenvalue weighted by Crippen LogP contribution is 2.27. The van der Waals surface area contributed by atoms with Gasteiger partial charge in [-0.2, -0.15) is 26.3 Å². The lowest BCUT2D eigenvalue weighted by molar-refractivity contribution is -0.175. The zero-order valence-corrected chi connectivity index (χ0v) is 8.35. The molecule has 0 aromatic rings. The summed E-state index contributed by atoms with van der Waals surface area (Å²) in [7, 11) is 0. The van der Waals surface area contributed by atoms with Gasteiger partial charge in [0.25, 0.3) is 0 Å². The van der Waals surface area contributed by atoms with Gasteiger partial charge in [-0.05, 0) is 0 Å². The average molecular weight is 268 g/mol. The highest BCUT2D eigenvalue weighted by atomic mass is 19.4. The van der Waals surface area contributed by atoms with Crippen molar-refractivity contribution in [2.24, 2.45) is 16.8 Å². The Kier molecular flexibility index (Phi) is 5.52. The molecule has 0 radical (unpaired) electrons. The van der Waals surface area contributed by atoms with E-state index in [9.17, 15) is 26.3 Å². The van der Waals surface area contributed by atoms with Crippen molar-refractivity contribution in [1.29, 1.82) is 0 Å². The third-order valence-corrected chi connectivity index (χ3v) is 1.68. The van der Waals surface area contributed by atoms with Gasteiger partial charge in [0.2, 0.25) is 0 Å². The molecule has 0 fully saturated rings. The van der Waals surface area contributed by atoms with Crippen LogP contribution in [0, 0.1) is 5.92 Å². The van der Waals surface area contributed by atoms with E-state index in [1.54, 1.807) is 0 Å². The van der Waals surface area contributed by atoms with Crippen LogP contribution in [0.2, 0.25) is 0 Å². The van der Waals surface area contributed by atoms with Crippen molar-refractivity contribution >= 4 is 5.84 Å². The highest BCUT2D eigenvalue weighted by Gasteiger charge is 2.43. The van der Waals surface area contributed by atoms with E-state index in [-0.39, 0.29) is 0 Å². The molecule has 0 aliphatic heterocycles. The maximum Gasteiger partial charge on any atom is 0.401 e. The summed E-state index contributed by atoms with van der Waals surface area (Å²) >= 11 is 0. The minimum atomic E-state index is -4.85. The van der Waals surface area contributed by atoms with Gasteiger partial charge in [-0.25, -0.2) is 0 Å². The Morgan fingerprint density at radius 2 is 1.76 bits per heavy atom. The molecule has 1 atom stereocenters. The standard InChI is InChI=1S/C7H10F6N2O2/c8-6(9,10)1-2-17-3-4(5(14)15-16)7(11,12)13/h4,16H,1-3H2,(H2,14,15). The maximum atomic E-state index is 12.2. The summed E-state index contributed by atoms with van der Waals surface area (Å²) in [5.74, 6) is -3.59. The van der Waals surface area contributed by atoms with Crippen molar-refractivity contribution in [2.75, 3.05) is 13.2 Å². The van der Waals surface area contributed by atoms with Gasteiger partial charge in [0.1, 0.15) is 5.92 Å². The zero-order valence-electron chi connectivity index (χ0n) is 8.35. The van der Waals surface area contributed by atoms with Crippen molar-refractivity contribution in [3.8, 4) is 0 Å². The first-order valence-corrected chi connectivity index (χ1v) is 4.26. The largest absolute Gasteiger partial charge is 0.409 e. The Balaban J connectivity index is 4.21. The molecule has 0 amide bonds. The van der Waals surface area contributed by atoms with Gasteiger partial charge < -0.3 is 15.7 Å². The third-order valence-electron chi connectivity index (χ3n) is 1.68. The molecule has 17 heavy (non-hydrogen) atoms. The molecule has 0 aromatic heterocycles. The molecule has 0 saturated heterocycles. The maximum absolute atomic E-state index is 12.2. The van der Waals surface area contributed by atoms with Gasteiger partial charge in [0, 0.05) is 0 Å². The van der Waals surface area contributed by atoms with Gasteiger partial charge in [-0.3, -0.25) is 0 Å². The van der Waals surface area contributed by atoms with Crippen LogP contribution in [0.25, 0.3) is 0 Å². The van der Waals surface area contributed by atoms with Crippen molar-refractivity contribution in [3.63, 3.8) is 0 Å². The smallest absolute Gasteiger partial charge is 0.401 e. The predicted molar refractivity (Wildman–Crippen MR) is 44.4 cm³/mol. The van der Waals surface area contributed by atoms with Crippen LogP contribution in [0.1, 0.15) is 6.42 Å². The highest BCUT2D eigenvalue weighted by molar-refractivity contribution is 5.83. The number of alkyl halides is 6. The molecule has 0 bridgehead atoms. The van der Waals surface area contributed by atoms with E-state index in [1.807, 2.05) is 0 Å². The van der Waals surface area contributed by atoms with Crippen molar-refractivity contribution in [3.05, 3.63) is 0 Å². The lowest BCUT2D eigenvalue weighted by Gasteiger charge is -2.18. The predicted octanol–water partition coefficient (Wildman–Crippen LogP) is 1.88. The number of hydrogen-bond donors (Lipinski definition) is 2. The second kappa shape index (κ2) is 5.94. The molecule has 0 rings (SSSR count). The number of halogens is 6. The Labute approximate surface area is 92.0 Å². The number of nitrogens with zero attached hydrogens (tertiary/aromatic N) is 1. The van der Waals surface area contributed by atoms with Crippen LogP contribution in [0.4, 0.5) is 26.3 Å². The Bertz CT molecular complexity index is 262. The van der Waals surface area contributed by atoms with E-state index >= 15 is 0 Å².